The number of esters is 1. The Kier molecular flexibility index (Phi) is 6.23. The van der Waals surface area contributed by atoms with Crippen molar-refractivity contribution in [2.24, 2.45) is 0 Å². The van der Waals surface area contributed by atoms with Gasteiger partial charge in [-0.3, -0.25) is 9.78 Å². The summed E-state index contributed by atoms with van der Waals surface area (Å²) in [7, 11) is 0. The van der Waals surface area contributed by atoms with Gasteiger partial charge in [0.2, 0.25) is 0 Å². The second-order valence-electron chi connectivity index (χ2n) is 3.69. The van der Waals surface area contributed by atoms with Crippen molar-refractivity contribution < 1.29 is 9.53 Å². The third-order valence-electron chi connectivity index (χ3n) is 2.35. The highest BCUT2D eigenvalue weighted by Crippen LogP contribution is 2.06. The van der Waals surface area contributed by atoms with Crippen LogP contribution in [0, 0.1) is 0 Å². The minimum absolute atomic E-state index is 0.0830. The molecule has 0 amide bonds. The monoisotopic (exact) mass is 221 g/mol. The van der Waals surface area contributed by atoms with Gasteiger partial charge in [-0.15, -0.1) is 0 Å². The Morgan fingerprint density at radius 1 is 1.31 bits per heavy atom. The number of hydrogen-bond acceptors (Lipinski definition) is 3. The lowest BCUT2D eigenvalue weighted by molar-refractivity contribution is -0.143. The fourth-order valence-electron chi connectivity index (χ4n) is 1.53. The zero-order valence-corrected chi connectivity index (χ0v) is 9.82. The standard InChI is InChI=1S/C13H19NO2/c1-2-16-13(15)10-5-3-4-8-12-9-6-7-11-14-12/h6-7,9,11H,2-5,8,10H2,1H3. The van der Waals surface area contributed by atoms with E-state index < -0.39 is 0 Å². The molecule has 88 valence electrons. The van der Waals surface area contributed by atoms with Crippen molar-refractivity contribution in [2.45, 2.75) is 39.0 Å². The topological polar surface area (TPSA) is 39.2 Å². The average Bonchev–Trinajstić information content (AvgIpc) is 2.30. The fraction of sp³-hybridized carbons (Fsp3) is 0.538. The van der Waals surface area contributed by atoms with Crippen LogP contribution in [0.15, 0.2) is 24.4 Å². The summed E-state index contributed by atoms with van der Waals surface area (Å²) in [6, 6.07) is 5.95. The van der Waals surface area contributed by atoms with E-state index in [0.29, 0.717) is 13.0 Å². The van der Waals surface area contributed by atoms with Gasteiger partial charge in [-0.05, 0) is 38.3 Å². The predicted octanol–water partition coefficient (Wildman–Crippen LogP) is 2.75. The maximum atomic E-state index is 11.0. The molecule has 16 heavy (non-hydrogen) atoms. The van der Waals surface area contributed by atoms with Gasteiger partial charge in [0.25, 0.3) is 0 Å². The molecular weight excluding hydrogens is 202 g/mol. The maximum Gasteiger partial charge on any atom is 0.305 e. The minimum Gasteiger partial charge on any atom is -0.466 e. The van der Waals surface area contributed by atoms with Gasteiger partial charge < -0.3 is 4.74 Å². The summed E-state index contributed by atoms with van der Waals surface area (Å²) in [4.78, 5) is 15.3. The summed E-state index contributed by atoms with van der Waals surface area (Å²) < 4.78 is 4.86. The van der Waals surface area contributed by atoms with Crippen LogP contribution in [-0.2, 0) is 16.0 Å². The van der Waals surface area contributed by atoms with E-state index in [0.717, 1.165) is 31.4 Å². The van der Waals surface area contributed by atoms with E-state index in [-0.39, 0.29) is 5.97 Å². The van der Waals surface area contributed by atoms with Gasteiger partial charge >= 0.3 is 5.97 Å². The number of rotatable bonds is 7. The first-order chi connectivity index (χ1) is 7.83. The van der Waals surface area contributed by atoms with Crippen molar-refractivity contribution in [2.75, 3.05) is 6.61 Å². The highest BCUT2D eigenvalue weighted by molar-refractivity contribution is 5.69. The van der Waals surface area contributed by atoms with E-state index in [1.54, 1.807) is 0 Å². The third-order valence-corrected chi connectivity index (χ3v) is 2.35. The second-order valence-corrected chi connectivity index (χ2v) is 3.69. The van der Waals surface area contributed by atoms with Crippen LogP contribution in [0.1, 0.15) is 38.3 Å². The van der Waals surface area contributed by atoms with E-state index >= 15 is 0 Å². The molecule has 0 atom stereocenters. The van der Waals surface area contributed by atoms with Crippen LogP contribution in [0.2, 0.25) is 0 Å². The van der Waals surface area contributed by atoms with Crippen molar-refractivity contribution in [1.82, 2.24) is 4.98 Å². The van der Waals surface area contributed by atoms with Crippen LogP contribution in [0.3, 0.4) is 0 Å². The van der Waals surface area contributed by atoms with E-state index in [2.05, 4.69) is 4.98 Å². The van der Waals surface area contributed by atoms with Crippen molar-refractivity contribution in [1.29, 1.82) is 0 Å². The highest BCUT2D eigenvalue weighted by Gasteiger charge is 2.00. The van der Waals surface area contributed by atoms with Crippen molar-refractivity contribution >= 4 is 5.97 Å². The van der Waals surface area contributed by atoms with Gasteiger partial charge in [-0.2, -0.15) is 0 Å². The summed E-state index contributed by atoms with van der Waals surface area (Å²) in [5.41, 5.74) is 1.12. The van der Waals surface area contributed by atoms with Gasteiger partial charge in [0, 0.05) is 18.3 Å². The Hall–Kier alpha value is -1.38. The van der Waals surface area contributed by atoms with E-state index in [9.17, 15) is 4.79 Å². The SMILES string of the molecule is CCOC(=O)CCCCCc1ccccn1. The lowest BCUT2D eigenvalue weighted by Crippen LogP contribution is -2.03. The van der Waals surface area contributed by atoms with Crippen LogP contribution < -0.4 is 0 Å². The molecule has 0 spiro atoms. The Morgan fingerprint density at radius 2 is 2.19 bits per heavy atom. The number of ether oxygens (including phenoxy) is 1. The molecular formula is C13H19NO2. The molecule has 1 aromatic rings. The van der Waals surface area contributed by atoms with Gasteiger partial charge in [0.15, 0.2) is 0 Å². The molecule has 0 fully saturated rings. The Morgan fingerprint density at radius 3 is 2.88 bits per heavy atom. The van der Waals surface area contributed by atoms with Gasteiger partial charge in [-0.1, -0.05) is 12.5 Å². The molecule has 0 saturated heterocycles. The fourth-order valence-corrected chi connectivity index (χ4v) is 1.53. The third kappa shape index (κ3) is 5.49. The number of carbonyl (C=O) groups is 1. The van der Waals surface area contributed by atoms with Crippen LogP contribution in [0.4, 0.5) is 0 Å². The molecule has 0 aliphatic heterocycles. The number of hydrogen-bond donors (Lipinski definition) is 0. The molecule has 3 nitrogen and oxygen atoms in total. The number of aryl methyl sites for hydroxylation is 1. The molecule has 1 heterocycles. The van der Waals surface area contributed by atoms with E-state index in [1.165, 1.54) is 0 Å². The number of nitrogens with zero attached hydrogens (tertiary/aromatic N) is 1. The van der Waals surface area contributed by atoms with Gasteiger partial charge in [0.1, 0.15) is 0 Å². The number of pyridine rings is 1. The average molecular weight is 221 g/mol. The van der Waals surface area contributed by atoms with Gasteiger partial charge in [0.05, 0.1) is 6.61 Å². The Balaban J connectivity index is 2.02. The normalized spacial score (nSPS) is 10.1. The molecule has 1 aromatic heterocycles. The second kappa shape index (κ2) is 7.85. The summed E-state index contributed by atoms with van der Waals surface area (Å²) >= 11 is 0. The molecule has 0 saturated carbocycles. The molecule has 0 aliphatic rings. The van der Waals surface area contributed by atoms with Crippen LogP contribution in [-0.4, -0.2) is 17.6 Å². The molecule has 3 heteroatoms. The summed E-state index contributed by atoms with van der Waals surface area (Å²) in [6.45, 7) is 2.31. The molecule has 0 aromatic carbocycles. The zero-order valence-electron chi connectivity index (χ0n) is 9.82. The van der Waals surface area contributed by atoms with Crippen LogP contribution in [0.25, 0.3) is 0 Å². The summed E-state index contributed by atoms with van der Waals surface area (Å²) in [6.07, 6.45) is 6.38. The summed E-state index contributed by atoms with van der Waals surface area (Å²) in [5, 5.41) is 0. The molecule has 0 radical (unpaired) electrons. The predicted molar refractivity (Wildman–Crippen MR) is 63.0 cm³/mol. The first kappa shape index (κ1) is 12.7. The van der Waals surface area contributed by atoms with Crippen molar-refractivity contribution in [3.05, 3.63) is 30.1 Å². The minimum atomic E-state index is -0.0830. The number of unbranched alkanes of at least 4 members (excludes halogenated alkanes) is 2. The van der Waals surface area contributed by atoms with Crippen LogP contribution in [0.5, 0.6) is 0 Å². The van der Waals surface area contributed by atoms with Crippen molar-refractivity contribution in [3.8, 4) is 0 Å². The lowest BCUT2D eigenvalue weighted by Gasteiger charge is -2.02. The highest BCUT2D eigenvalue weighted by atomic mass is 16.5. The lowest BCUT2D eigenvalue weighted by atomic mass is 10.1. The Labute approximate surface area is 96.8 Å². The molecule has 0 bridgehead atoms. The van der Waals surface area contributed by atoms with E-state index in [4.69, 9.17) is 4.74 Å². The summed E-state index contributed by atoms with van der Waals surface area (Å²) in [5.74, 6) is -0.0830. The largest absolute Gasteiger partial charge is 0.466 e. The quantitative estimate of drug-likeness (QED) is 0.525. The maximum absolute atomic E-state index is 11.0. The molecule has 1 rings (SSSR count). The Bertz CT molecular complexity index is 298. The number of carbonyl (C=O) groups excluding carboxylic acids is 1. The number of aromatic nitrogens is 1. The first-order valence-corrected chi connectivity index (χ1v) is 5.88. The zero-order chi connectivity index (χ0) is 11.6. The first-order valence-electron chi connectivity index (χ1n) is 5.88. The smallest absolute Gasteiger partial charge is 0.305 e. The van der Waals surface area contributed by atoms with Crippen molar-refractivity contribution in [3.63, 3.8) is 0 Å². The van der Waals surface area contributed by atoms with Crippen LogP contribution >= 0.6 is 0 Å². The van der Waals surface area contributed by atoms with E-state index in [1.807, 2.05) is 31.3 Å². The molecule has 0 aliphatic carbocycles. The van der Waals surface area contributed by atoms with Gasteiger partial charge in [-0.25, -0.2) is 0 Å². The molecule has 0 N–H and O–H groups in total. The molecule has 0 unspecified atom stereocenters.